The first kappa shape index (κ1) is 22.2. The van der Waals surface area contributed by atoms with E-state index in [9.17, 15) is 13.2 Å². The molecule has 0 spiro atoms. The van der Waals surface area contributed by atoms with Crippen LogP contribution < -0.4 is 0 Å². The minimum absolute atomic E-state index is 0.137. The Labute approximate surface area is 178 Å². The van der Waals surface area contributed by atoms with Crippen LogP contribution in [-0.4, -0.2) is 0 Å². The summed E-state index contributed by atoms with van der Waals surface area (Å²) in [6, 6.07) is 11.0. The Hall–Kier alpha value is -2.47. The number of rotatable bonds is 6. The molecular formula is C27H29F3. The zero-order chi connectivity index (χ0) is 21.3. The average molecular weight is 411 g/mol. The third-order valence-corrected chi connectivity index (χ3v) is 5.94. The van der Waals surface area contributed by atoms with Crippen molar-refractivity contribution >= 4 is 0 Å². The maximum Gasteiger partial charge on any atom is 0.194 e. The highest BCUT2D eigenvalue weighted by Gasteiger charge is 2.20. The van der Waals surface area contributed by atoms with Crippen molar-refractivity contribution in [3.8, 4) is 11.8 Å². The van der Waals surface area contributed by atoms with E-state index in [-0.39, 0.29) is 5.56 Å². The summed E-state index contributed by atoms with van der Waals surface area (Å²) in [7, 11) is 0. The van der Waals surface area contributed by atoms with Crippen molar-refractivity contribution in [2.24, 2.45) is 5.92 Å². The standard InChI is InChI=1S/C27H29F3/c1-2-3-4-7-20-10-14-23(15-11-20)24-16-12-21(13-17-24)8-5-6-9-22-18-25(28)27(30)26(29)19-22/h5,8,10-11,14-15,18-19,21,24H,2-4,7,12-13,16-17H2,1H3/t21-,24-. The minimum Gasteiger partial charge on any atom is -0.204 e. The Bertz CT molecular complexity index is 884. The Morgan fingerprint density at radius 2 is 1.60 bits per heavy atom. The molecule has 0 unspecified atom stereocenters. The molecule has 1 saturated carbocycles. The number of hydrogen-bond acceptors (Lipinski definition) is 0. The predicted molar refractivity (Wildman–Crippen MR) is 117 cm³/mol. The van der Waals surface area contributed by atoms with Crippen molar-refractivity contribution in [3.05, 3.63) is 82.7 Å². The minimum atomic E-state index is -1.46. The summed E-state index contributed by atoms with van der Waals surface area (Å²) in [5, 5.41) is 0. The molecule has 0 N–H and O–H groups in total. The molecule has 0 heterocycles. The molecule has 0 nitrogen and oxygen atoms in total. The van der Waals surface area contributed by atoms with E-state index >= 15 is 0 Å². The highest BCUT2D eigenvalue weighted by molar-refractivity contribution is 5.38. The van der Waals surface area contributed by atoms with E-state index in [4.69, 9.17) is 0 Å². The highest BCUT2D eigenvalue weighted by atomic mass is 19.2. The lowest BCUT2D eigenvalue weighted by Gasteiger charge is -2.27. The zero-order valence-electron chi connectivity index (χ0n) is 17.6. The van der Waals surface area contributed by atoms with Crippen LogP contribution in [-0.2, 0) is 6.42 Å². The van der Waals surface area contributed by atoms with Crippen molar-refractivity contribution in [2.45, 2.75) is 64.2 Å². The number of allylic oxidation sites excluding steroid dienone is 2. The molecule has 0 amide bonds. The highest BCUT2D eigenvalue weighted by Crippen LogP contribution is 2.36. The van der Waals surface area contributed by atoms with Gasteiger partial charge in [-0.05, 0) is 79.7 Å². The molecule has 0 aliphatic heterocycles. The molecule has 0 bridgehead atoms. The fraction of sp³-hybridized carbons (Fsp3) is 0.407. The third-order valence-electron chi connectivity index (χ3n) is 5.94. The number of aryl methyl sites for hydroxylation is 1. The Morgan fingerprint density at radius 1 is 0.933 bits per heavy atom. The van der Waals surface area contributed by atoms with Crippen molar-refractivity contribution in [1.29, 1.82) is 0 Å². The second-order valence-corrected chi connectivity index (χ2v) is 8.19. The van der Waals surface area contributed by atoms with E-state index in [0.29, 0.717) is 11.8 Å². The van der Waals surface area contributed by atoms with E-state index in [0.717, 1.165) is 37.8 Å². The van der Waals surface area contributed by atoms with E-state index in [1.165, 1.54) is 36.8 Å². The van der Waals surface area contributed by atoms with Crippen LogP contribution >= 0.6 is 0 Å². The molecule has 1 aliphatic carbocycles. The quantitative estimate of drug-likeness (QED) is 0.260. The van der Waals surface area contributed by atoms with Crippen LogP contribution in [0.1, 0.15) is 74.5 Å². The summed E-state index contributed by atoms with van der Waals surface area (Å²) >= 11 is 0. The molecular weight excluding hydrogens is 381 g/mol. The second-order valence-electron chi connectivity index (χ2n) is 8.19. The molecule has 3 heteroatoms. The van der Waals surface area contributed by atoms with Crippen LogP contribution in [0.15, 0.2) is 48.6 Å². The molecule has 0 aromatic heterocycles. The van der Waals surface area contributed by atoms with Crippen LogP contribution in [0.4, 0.5) is 13.2 Å². The fourth-order valence-electron chi connectivity index (χ4n) is 4.12. The molecule has 0 atom stereocenters. The second kappa shape index (κ2) is 11.1. The van der Waals surface area contributed by atoms with E-state index in [1.54, 1.807) is 6.08 Å². The summed E-state index contributed by atoms with van der Waals surface area (Å²) < 4.78 is 39.4. The summed E-state index contributed by atoms with van der Waals surface area (Å²) in [5.74, 6) is 2.69. The molecule has 1 fully saturated rings. The summed E-state index contributed by atoms with van der Waals surface area (Å²) in [6.45, 7) is 2.23. The molecule has 30 heavy (non-hydrogen) atoms. The first-order valence-electron chi connectivity index (χ1n) is 11.0. The molecule has 158 valence electrons. The molecule has 0 saturated heterocycles. The summed E-state index contributed by atoms with van der Waals surface area (Å²) in [4.78, 5) is 0. The van der Waals surface area contributed by atoms with Gasteiger partial charge in [0.1, 0.15) is 0 Å². The number of hydrogen-bond donors (Lipinski definition) is 0. The smallest absolute Gasteiger partial charge is 0.194 e. The number of unbranched alkanes of at least 4 members (excludes halogenated alkanes) is 2. The van der Waals surface area contributed by atoms with Crippen molar-refractivity contribution in [3.63, 3.8) is 0 Å². The lowest BCUT2D eigenvalue weighted by molar-refractivity contribution is 0.376. The maximum atomic E-state index is 13.2. The largest absolute Gasteiger partial charge is 0.204 e. The van der Waals surface area contributed by atoms with Crippen LogP contribution in [0, 0.1) is 35.2 Å². The zero-order valence-corrected chi connectivity index (χ0v) is 17.6. The Kier molecular flexibility index (Phi) is 8.20. The van der Waals surface area contributed by atoms with Gasteiger partial charge in [0.15, 0.2) is 17.5 Å². The van der Waals surface area contributed by atoms with Crippen LogP contribution in [0.2, 0.25) is 0 Å². The van der Waals surface area contributed by atoms with Gasteiger partial charge in [-0.25, -0.2) is 13.2 Å². The van der Waals surface area contributed by atoms with E-state index < -0.39 is 17.5 Å². The first-order valence-corrected chi connectivity index (χ1v) is 11.0. The van der Waals surface area contributed by atoms with Gasteiger partial charge in [0.25, 0.3) is 0 Å². The average Bonchev–Trinajstić information content (AvgIpc) is 2.76. The van der Waals surface area contributed by atoms with Gasteiger partial charge < -0.3 is 0 Å². The normalized spacial score (nSPS) is 18.9. The third kappa shape index (κ3) is 6.26. The van der Waals surface area contributed by atoms with E-state index in [1.807, 2.05) is 0 Å². The lowest BCUT2D eigenvalue weighted by atomic mass is 9.78. The molecule has 2 aromatic rings. The molecule has 2 aromatic carbocycles. The van der Waals surface area contributed by atoms with Crippen molar-refractivity contribution < 1.29 is 13.2 Å². The van der Waals surface area contributed by atoms with E-state index in [2.05, 4.69) is 49.1 Å². The van der Waals surface area contributed by atoms with Gasteiger partial charge in [-0.2, -0.15) is 0 Å². The van der Waals surface area contributed by atoms with Gasteiger partial charge >= 0.3 is 0 Å². The predicted octanol–water partition coefficient (Wildman–Crippen LogP) is 7.72. The molecule has 1 aliphatic rings. The van der Waals surface area contributed by atoms with Gasteiger partial charge in [-0.15, -0.1) is 0 Å². The monoisotopic (exact) mass is 410 g/mol. The fourth-order valence-corrected chi connectivity index (χ4v) is 4.12. The maximum absolute atomic E-state index is 13.2. The lowest BCUT2D eigenvalue weighted by Crippen LogP contribution is -2.11. The Morgan fingerprint density at radius 3 is 2.23 bits per heavy atom. The Balaban J connectivity index is 1.48. The van der Waals surface area contributed by atoms with Crippen molar-refractivity contribution in [2.75, 3.05) is 0 Å². The molecule has 0 radical (unpaired) electrons. The van der Waals surface area contributed by atoms with Gasteiger partial charge in [0.2, 0.25) is 0 Å². The summed E-state index contributed by atoms with van der Waals surface area (Å²) in [6.07, 6.45) is 13.3. The van der Waals surface area contributed by atoms with Gasteiger partial charge in [-0.3, -0.25) is 0 Å². The first-order chi connectivity index (χ1) is 14.6. The van der Waals surface area contributed by atoms with Gasteiger partial charge in [0.05, 0.1) is 0 Å². The molecule has 3 rings (SSSR count). The number of benzene rings is 2. The van der Waals surface area contributed by atoms with Crippen LogP contribution in [0.25, 0.3) is 0 Å². The van der Waals surface area contributed by atoms with Gasteiger partial charge in [0, 0.05) is 5.56 Å². The van der Waals surface area contributed by atoms with Crippen LogP contribution in [0.3, 0.4) is 0 Å². The summed E-state index contributed by atoms with van der Waals surface area (Å²) in [5.41, 5.74) is 3.01. The van der Waals surface area contributed by atoms with Crippen molar-refractivity contribution in [1.82, 2.24) is 0 Å². The number of halogens is 3. The van der Waals surface area contributed by atoms with Gasteiger partial charge in [-0.1, -0.05) is 61.9 Å². The SMILES string of the molecule is CCCCCc1ccc([C@H]2CC[C@H](C=CC#Cc3cc(F)c(F)c(F)c3)CC2)cc1. The van der Waals surface area contributed by atoms with Crippen LogP contribution in [0.5, 0.6) is 0 Å². The topological polar surface area (TPSA) is 0 Å².